The molecule has 6 heteroatoms. The fourth-order valence-corrected chi connectivity index (χ4v) is 3.03. The Hall–Kier alpha value is -2.08. The maximum Gasteiger partial charge on any atom is 0.410 e. The molecular formula is C17H23NO5. The second-order valence-corrected chi connectivity index (χ2v) is 6.04. The normalized spacial score (nSPS) is 22.4. The number of carboxylic acid groups (broad SMARTS) is 1. The van der Waals surface area contributed by atoms with Gasteiger partial charge >= 0.3 is 12.1 Å². The van der Waals surface area contributed by atoms with Crippen LogP contribution in [0.15, 0.2) is 30.3 Å². The van der Waals surface area contributed by atoms with Crippen molar-refractivity contribution in [2.75, 3.05) is 13.1 Å². The van der Waals surface area contributed by atoms with E-state index < -0.39 is 18.2 Å². The molecule has 0 aromatic heterocycles. The summed E-state index contributed by atoms with van der Waals surface area (Å²) in [5.41, 5.74) is 0.911. The first-order chi connectivity index (χ1) is 11.0. The Morgan fingerprint density at radius 2 is 2.04 bits per heavy atom. The molecule has 6 nitrogen and oxygen atoms in total. The van der Waals surface area contributed by atoms with E-state index in [9.17, 15) is 14.7 Å². The monoisotopic (exact) mass is 321 g/mol. The molecule has 0 spiro atoms. The largest absolute Gasteiger partial charge is 0.481 e. The molecular weight excluding hydrogens is 298 g/mol. The lowest BCUT2D eigenvalue weighted by atomic mass is 9.80. The van der Waals surface area contributed by atoms with Crippen molar-refractivity contribution in [3.8, 4) is 0 Å². The summed E-state index contributed by atoms with van der Waals surface area (Å²) in [4.78, 5) is 24.7. The minimum absolute atomic E-state index is 0.0163. The molecule has 2 rings (SSSR count). The van der Waals surface area contributed by atoms with Crippen molar-refractivity contribution >= 4 is 12.1 Å². The minimum Gasteiger partial charge on any atom is -0.481 e. The van der Waals surface area contributed by atoms with Gasteiger partial charge in [0.25, 0.3) is 0 Å². The number of hydrogen-bond donors (Lipinski definition) is 2. The van der Waals surface area contributed by atoms with Crippen LogP contribution in [0.2, 0.25) is 0 Å². The van der Waals surface area contributed by atoms with Gasteiger partial charge in [-0.25, -0.2) is 4.79 Å². The van der Waals surface area contributed by atoms with Gasteiger partial charge in [0.15, 0.2) is 0 Å². The maximum atomic E-state index is 12.2. The Labute approximate surface area is 135 Å². The van der Waals surface area contributed by atoms with Crippen LogP contribution in [0.25, 0.3) is 0 Å². The third-order valence-corrected chi connectivity index (χ3v) is 4.33. The number of amides is 1. The Bertz CT molecular complexity index is 531. The van der Waals surface area contributed by atoms with Crippen LogP contribution in [0.5, 0.6) is 0 Å². The number of carboxylic acids is 1. The molecule has 126 valence electrons. The molecule has 0 saturated carbocycles. The molecule has 1 aliphatic heterocycles. The third-order valence-electron chi connectivity index (χ3n) is 4.33. The average Bonchev–Trinajstić information content (AvgIpc) is 2.53. The predicted octanol–water partition coefficient (Wildman–Crippen LogP) is 2.12. The molecule has 3 atom stereocenters. The van der Waals surface area contributed by atoms with Gasteiger partial charge in [0.05, 0.1) is 6.10 Å². The quantitative estimate of drug-likeness (QED) is 0.867. The van der Waals surface area contributed by atoms with E-state index in [1.54, 1.807) is 11.8 Å². The van der Waals surface area contributed by atoms with Crippen LogP contribution in [0.3, 0.4) is 0 Å². The Kier molecular flexibility index (Phi) is 5.98. The number of likely N-dealkylation sites (tertiary alicyclic amines) is 1. The fourth-order valence-electron chi connectivity index (χ4n) is 3.03. The van der Waals surface area contributed by atoms with E-state index in [1.165, 1.54) is 0 Å². The number of carbonyl (C=O) groups is 2. The highest BCUT2D eigenvalue weighted by Crippen LogP contribution is 2.29. The van der Waals surface area contributed by atoms with E-state index in [0.29, 0.717) is 19.5 Å². The Balaban J connectivity index is 1.90. The lowest BCUT2D eigenvalue weighted by Crippen LogP contribution is -2.47. The third kappa shape index (κ3) is 4.96. The zero-order valence-electron chi connectivity index (χ0n) is 13.2. The van der Waals surface area contributed by atoms with Gasteiger partial charge < -0.3 is 19.8 Å². The topological polar surface area (TPSA) is 87.1 Å². The molecule has 1 saturated heterocycles. The first kappa shape index (κ1) is 17.3. The molecule has 0 bridgehead atoms. The van der Waals surface area contributed by atoms with Gasteiger partial charge in [-0.2, -0.15) is 0 Å². The second-order valence-electron chi connectivity index (χ2n) is 6.04. The molecule has 0 aliphatic carbocycles. The summed E-state index contributed by atoms with van der Waals surface area (Å²) in [6, 6.07) is 9.41. The number of aliphatic hydroxyl groups is 1. The van der Waals surface area contributed by atoms with Gasteiger partial charge in [-0.3, -0.25) is 4.79 Å². The molecule has 1 aromatic rings. The first-order valence-corrected chi connectivity index (χ1v) is 7.83. The molecule has 1 aliphatic rings. The zero-order chi connectivity index (χ0) is 16.8. The van der Waals surface area contributed by atoms with E-state index in [1.807, 2.05) is 30.3 Å². The number of benzene rings is 1. The molecule has 0 radical (unpaired) electrons. The van der Waals surface area contributed by atoms with Gasteiger partial charge in [0, 0.05) is 25.4 Å². The summed E-state index contributed by atoms with van der Waals surface area (Å²) in [6.45, 7) is 2.62. The van der Waals surface area contributed by atoms with Crippen LogP contribution in [-0.4, -0.2) is 46.4 Å². The number of carbonyl (C=O) groups excluding carboxylic acids is 1. The summed E-state index contributed by atoms with van der Waals surface area (Å²) in [6.07, 6.45) is -0.512. The van der Waals surface area contributed by atoms with Crippen LogP contribution in [0.1, 0.15) is 25.3 Å². The van der Waals surface area contributed by atoms with E-state index in [4.69, 9.17) is 9.84 Å². The molecule has 3 unspecified atom stereocenters. The highest BCUT2D eigenvalue weighted by Gasteiger charge is 2.35. The van der Waals surface area contributed by atoms with Crippen LogP contribution >= 0.6 is 0 Å². The molecule has 1 amide bonds. The standard InChI is InChI=1S/C17H23NO5/c1-12(19)15-10-18(8-7-14(15)9-16(20)21)17(22)23-11-13-5-3-2-4-6-13/h2-6,12,14-15,19H,7-11H2,1H3,(H,20,21). The Morgan fingerprint density at radius 1 is 1.35 bits per heavy atom. The van der Waals surface area contributed by atoms with Gasteiger partial charge in [0.2, 0.25) is 0 Å². The average molecular weight is 321 g/mol. The van der Waals surface area contributed by atoms with E-state index in [0.717, 1.165) is 5.56 Å². The number of piperidine rings is 1. The zero-order valence-corrected chi connectivity index (χ0v) is 13.2. The van der Waals surface area contributed by atoms with Crippen molar-refractivity contribution in [3.05, 3.63) is 35.9 Å². The summed E-state index contributed by atoms with van der Waals surface area (Å²) >= 11 is 0. The number of aliphatic hydroxyl groups excluding tert-OH is 1. The summed E-state index contributed by atoms with van der Waals surface area (Å²) in [5.74, 6) is -1.24. The predicted molar refractivity (Wildman–Crippen MR) is 83.7 cm³/mol. The maximum absolute atomic E-state index is 12.2. The lowest BCUT2D eigenvalue weighted by Gasteiger charge is -2.38. The molecule has 1 heterocycles. The molecule has 1 fully saturated rings. The SMILES string of the molecule is CC(O)C1CN(C(=O)OCc2ccccc2)CCC1CC(=O)O. The van der Waals surface area contributed by atoms with Crippen molar-refractivity contribution in [3.63, 3.8) is 0 Å². The van der Waals surface area contributed by atoms with Crippen molar-refractivity contribution < 1.29 is 24.5 Å². The van der Waals surface area contributed by atoms with Gasteiger partial charge in [-0.15, -0.1) is 0 Å². The van der Waals surface area contributed by atoms with Crippen LogP contribution in [-0.2, 0) is 16.1 Å². The summed E-state index contributed by atoms with van der Waals surface area (Å²) in [5, 5.41) is 18.9. The van der Waals surface area contributed by atoms with Crippen molar-refractivity contribution in [1.29, 1.82) is 0 Å². The van der Waals surface area contributed by atoms with E-state index >= 15 is 0 Å². The van der Waals surface area contributed by atoms with Gasteiger partial charge in [0.1, 0.15) is 6.61 Å². The number of hydrogen-bond acceptors (Lipinski definition) is 4. The fraction of sp³-hybridized carbons (Fsp3) is 0.529. The van der Waals surface area contributed by atoms with Gasteiger partial charge in [-0.05, 0) is 24.8 Å². The van der Waals surface area contributed by atoms with E-state index in [2.05, 4.69) is 0 Å². The second kappa shape index (κ2) is 7.97. The highest BCUT2D eigenvalue weighted by molar-refractivity contribution is 5.68. The van der Waals surface area contributed by atoms with Crippen molar-refractivity contribution in [1.82, 2.24) is 4.90 Å². The van der Waals surface area contributed by atoms with Crippen molar-refractivity contribution in [2.45, 2.75) is 32.5 Å². The number of nitrogens with zero attached hydrogens (tertiary/aromatic N) is 1. The summed E-state index contributed by atoms with van der Waals surface area (Å²) in [7, 11) is 0. The summed E-state index contributed by atoms with van der Waals surface area (Å²) < 4.78 is 5.30. The minimum atomic E-state index is -0.874. The van der Waals surface area contributed by atoms with Crippen molar-refractivity contribution in [2.24, 2.45) is 11.8 Å². The first-order valence-electron chi connectivity index (χ1n) is 7.83. The number of aliphatic carboxylic acids is 1. The molecule has 2 N–H and O–H groups in total. The van der Waals surface area contributed by atoms with Crippen LogP contribution < -0.4 is 0 Å². The Morgan fingerprint density at radius 3 is 2.65 bits per heavy atom. The van der Waals surface area contributed by atoms with Gasteiger partial charge in [-0.1, -0.05) is 30.3 Å². The smallest absolute Gasteiger partial charge is 0.410 e. The highest BCUT2D eigenvalue weighted by atomic mass is 16.6. The lowest BCUT2D eigenvalue weighted by molar-refractivity contribution is -0.139. The molecule has 23 heavy (non-hydrogen) atoms. The van der Waals surface area contributed by atoms with Crippen LogP contribution in [0, 0.1) is 11.8 Å². The number of ether oxygens (including phenoxy) is 1. The van der Waals surface area contributed by atoms with E-state index in [-0.39, 0.29) is 24.9 Å². The molecule has 1 aromatic carbocycles. The van der Waals surface area contributed by atoms with Crippen LogP contribution in [0.4, 0.5) is 4.79 Å². The number of rotatable bonds is 5.